The maximum absolute atomic E-state index is 12.5. The highest BCUT2D eigenvalue weighted by molar-refractivity contribution is 6.00. The van der Waals surface area contributed by atoms with Gasteiger partial charge in [-0.2, -0.15) is 0 Å². The van der Waals surface area contributed by atoms with Crippen LogP contribution in [0.2, 0.25) is 0 Å². The predicted octanol–water partition coefficient (Wildman–Crippen LogP) is 2.20. The van der Waals surface area contributed by atoms with Gasteiger partial charge in [-0.1, -0.05) is 30.3 Å². The van der Waals surface area contributed by atoms with Gasteiger partial charge in [0.05, 0.1) is 6.04 Å². The summed E-state index contributed by atoms with van der Waals surface area (Å²) in [4.78, 5) is 25.4. The van der Waals surface area contributed by atoms with E-state index >= 15 is 0 Å². The summed E-state index contributed by atoms with van der Waals surface area (Å²) in [6.45, 7) is 1.78. The molecule has 102 valence electrons. The molecule has 1 aromatic carbocycles. The Morgan fingerprint density at radius 1 is 1.16 bits per heavy atom. The Kier molecular flexibility index (Phi) is 4.68. The fraction of sp³-hybridized carbons (Fsp3) is 0.467. The zero-order valence-corrected chi connectivity index (χ0v) is 10.9. The molecule has 0 amide bonds. The van der Waals surface area contributed by atoms with Gasteiger partial charge in [-0.3, -0.25) is 14.5 Å². The van der Waals surface area contributed by atoms with Crippen LogP contribution >= 0.6 is 0 Å². The van der Waals surface area contributed by atoms with Crippen LogP contribution in [0, 0.1) is 0 Å². The summed E-state index contributed by atoms with van der Waals surface area (Å²) >= 11 is 0. The average Bonchev–Trinajstić information content (AvgIpc) is 2.93. The fourth-order valence-corrected chi connectivity index (χ4v) is 2.59. The number of ketones is 1. The fourth-order valence-electron chi connectivity index (χ4n) is 2.59. The Morgan fingerprint density at radius 3 is 2.37 bits per heavy atom. The largest absolute Gasteiger partial charge is 0.481 e. The van der Waals surface area contributed by atoms with Gasteiger partial charge >= 0.3 is 5.97 Å². The maximum Gasteiger partial charge on any atom is 0.303 e. The second-order valence-electron chi connectivity index (χ2n) is 4.92. The lowest BCUT2D eigenvalue weighted by atomic mass is 9.99. The molecule has 1 saturated heterocycles. The van der Waals surface area contributed by atoms with Crippen LogP contribution in [-0.2, 0) is 4.79 Å². The number of Topliss-reactive ketones (excluding diaryl/α,β-unsaturated/α-hetero) is 1. The van der Waals surface area contributed by atoms with E-state index < -0.39 is 5.97 Å². The van der Waals surface area contributed by atoms with Crippen molar-refractivity contribution in [2.75, 3.05) is 13.1 Å². The zero-order valence-electron chi connectivity index (χ0n) is 10.9. The summed E-state index contributed by atoms with van der Waals surface area (Å²) in [5, 5.41) is 8.83. The first kappa shape index (κ1) is 13.7. The third-order valence-corrected chi connectivity index (χ3v) is 3.57. The standard InChI is InChI=1S/C15H19NO3/c17-14(18)9-8-13(16-10-4-5-11-16)15(19)12-6-2-1-3-7-12/h1-3,6-7,13H,4-5,8-11H2,(H,17,18). The van der Waals surface area contributed by atoms with Crippen molar-refractivity contribution < 1.29 is 14.7 Å². The van der Waals surface area contributed by atoms with Crippen LogP contribution in [0.1, 0.15) is 36.0 Å². The van der Waals surface area contributed by atoms with Gasteiger partial charge < -0.3 is 5.11 Å². The summed E-state index contributed by atoms with van der Waals surface area (Å²) in [6.07, 6.45) is 2.61. The molecule has 4 heteroatoms. The lowest BCUT2D eigenvalue weighted by Crippen LogP contribution is -2.39. The van der Waals surface area contributed by atoms with Crippen molar-refractivity contribution in [2.24, 2.45) is 0 Å². The van der Waals surface area contributed by atoms with Gasteiger partial charge in [0.25, 0.3) is 0 Å². The first-order valence-corrected chi connectivity index (χ1v) is 6.73. The van der Waals surface area contributed by atoms with Gasteiger partial charge in [0, 0.05) is 12.0 Å². The monoisotopic (exact) mass is 261 g/mol. The van der Waals surface area contributed by atoms with E-state index in [-0.39, 0.29) is 18.2 Å². The molecule has 1 fully saturated rings. The molecule has 1 aliphatic rings. The number of carboxylic acids is 1. The van der Waals surface area contributed by atoms with Crippen molar-refractivity contribution in [2.45, 2.75) is 31.7 Å². The molecule has 0 spiro atoms. The van der Waals surface area contributed by atoms with Crippen LogP contribution in [0.4, 0.5) is 0 Å². The van der Waals surface area contributed by atoms with Gasteiger partial charge in [-0.25, -0.2) is 0 Å². The number of benzene rings is 1. The molecular formula is C15H19NO3. The number of carbonyl (C=O) groups is 2. The second-order valence-corrected chi connectivity index (χ2v) is 4.92. The van der Waals surface area contributed by atoms with Crippen molar-refractivity contribution in [3.63, 3.8) is 0 Å². The summed E-state index contributed by atoms with van der Waals surface area (Å²) < 4.78 is 0. The number of likely N-dealkylation sites (tertiary alicyclic amines) is 1. The Balaban J connectivity index is 2.11. The van der Waals surface area contributed by atoms with E-state index in [9.17, 15) is 9.59 Å². The van der Waals surface area contributed by atoms with E-state index in [0.29, 0.717) is 12.0 Å². The number of hydrogen-bond acceptors (Lipinski definition) is 3. The van der Waals surface area contributed by atoms with E-state index in [0.717, 1.165) is 25.9 Å². The Bertz CT molecular complexity index is 438. The molecule has 1 N–H and O–H groups in total. The third-order valence-electron chi connectivity index (χ3n) is 3.57. The SMILES string of the molecule is O=C(O)CCC(C(=O)c1ccccc1)N1CCCC1. The first-order valence-electron chi connectivity index (χ1n) is 6.73. The maximum atomic E-state index is 12.5. The highest BCUT2D eigenvalue weighted by atomic mass is 16.4. The number of hydrogen-bond donors (Lipinski definition) is 1. The van der Waals surface area contributed by atoms with E-state index in [2.05, 4.69) is 4.90 Å². The van der Waals surface area contributed by atoms with Crippen molar-refractivity contribution in [3.8, 4) is 0 Å². The topological polar surface area (TPSA) is 57.6 Å². The molecule has 1 aliphatic heterocycles. The molecule has 4 nitrogen and oxygen atoms in total. The molecule has 0 bridgehead atoms. The summed E-state index contributed by atoms with van der Waals surface area (Å²) in [7, 11) is 0. The molecule has 19 heavy (non-hydrogen) atoms. The van der Waals surface area contributed by atoms with E-state index in [1.165, 1.54) is 0 Å². The average molecular weight is 261 g/mol. The number of rotatable bonds is 6. The summed E-state index contributed by atoms with van der Waals surface area (Å²) in [5.41, 5.74) is 0.671. The minimum atomic E-state index is -0.843. The Morgan fingerprint density at radius 2 is 1.79 bits per heavy atom. The van der Waals surface area contributed by atoms with Gasteiger partial charge in [-0.15, -0.1) is 0 Å². The number of aliphatic carboxylic acids is 1. The quantitative estimate of drug-likeness (QED) is 0.798. The summed E-state index contributed by atoms with van der Waals surface area (Å²) in [5.74, 6) is -0.797. The molecule has 1 aromatic rings. The van der Waals surface area contributed by atoms with Crippen molar-refractivity contribution in [3.05, 3.63) is 35.9 Å². The van der Waals surface area contributed by atoms with E-state index in [4.69, 9.17) is 5.11 Å². The number of nitrogens with zero attached hydrogens (tertiary/aromatic N) is 1. The molecular weight excluding hydrogens is 242 g/mol. The van der Waals surface area contributed by atoms with Crippen LogP contribution < -0.4 is 0 Å². The highest BCUT2D eigenvalue weighted by Crippen LogP contribution is 2.19. The molecule has 1 atom stereocenters. The van der Waals surface area contributed by atoms with Crippen molar-refractivity contribution in [1.82, 2.24) is 4.90 Å². The molecule has 1 heterocycles. The van der Waals surface area contributed by atoms with Crippen molar-refractivity contribution >= 4 is 11.8 Å². The second kappa shape index (κ2) is 6.48. The Labute approximate surface area is 113 Å². The van der Waals surface area contributed by atoms with Crippen LogP contribution in [0.25, 0.3) is 0 Å². The highest BCUT2D eigenvalue weighted by Gasteiger charge is 2.29. The minimum Gasteiger partial charge on any atom is -0.481 e. The molecule has 1 unspecified atom stereocenters. The van der Waals surface area contributed by atoms with Crippen LogP contribution in [-0.4, -0.2) is 40.9 Å². The normalized spacial score (nSPS) is 17.3. The van der Waals surface area contributed by atoms with Gasteiger partial charge in [0.15, 0.2) is 5.78 Å². The first-order chi connectivity index (χ1) is 9.18. The Hall–Kier alpha value is -1.68. The van der Waals surface area contributed by atoms with Crippen LogP contribution in [0.3, 0.4) is 0 Å². The molecule has 2 rings (SSSR count). The molecule has 0 radical (unpaired) electrons. The summed E-state index contributed by atoms with van der Waals surface area (Å²) in [6, 6.07) is 8.86. The van der Waals surface area contributed by atoms with Crippen LogP contribution in [0.5, 0.6) is 0 Å². The minimum absolute atomic E-state index is 0.0414. The molecule has 0 aromatic heterocycles. The molecule has 0 aliphatic carbocycles. The lowest BCUT2D eigenvalue weighted by molar-refractivity contribution is -0.137. The van der Waals surface area contributed by atoms with Gasteiger partial charge in [-0.05, 0) is 32.4 Å². The lowest BCUT2D eigenvalue weighted by Gasteiger charge is -2.25. The number of carboxylic acid groups (broad SMARTS) is 1. The van der Waals surface area contributed by atoms with Gasteiger partial charge in [0.1, 0.15) is 0 Å². The smallest absolute Gasteiger partial charge is 0.303 e. The van der Waals surface area contributed by atoms with Crippen molar-refractivity contribution in [1.29, 1.82) is 0 Å². The number of carbonyl (C=O) groups excluding carboxylic acids is 1. The van der Waals surface area contributed by atoms with Crippen LogP contribution in [0.15, 0.2) is 30.3 Å². The van der Waals surface area contributed by atoms with Gasteiger partial charge in [0.2, 0.25) is 0 Å². The zero-order chi connectivity index (χ0) is 13.7. The van der Waals surface area contributed by atoms with E-state index in [1.54, 1.807) is 12.1 Å². The van der Waals surface area contributed by atoms with E-state index in [1.807, 2.05) is 18.2 Å². The third kappa shape index (κ3) is 3.64. The predicted molar refractivity (Wildman–Crippen MR) is 72.2 cm³/mol. The molecule has 0 saturated carbocycles.